The van der Waals surface area contributed by atoms with Crippen LogP contribution in [0.15, 0.2) is 15.8 Å². The molecule has 2 aromatic rings. The second-order valence-electron chi connectivity index (χ2n) is 5.80. The van der Waals surface area contributed by atoms with Gasteiger partial charge in [0.1, 0.15) is 5.52 Å². The van der Waals surface area contributed by atoms with Crippen LogP contribution in [-0.2, 0) is 4.79 Å². The number of nitrogens with two attached hydrogens (primary N) is 1. The molecule has 26 heavy (non-hydrogen) atoms. The zero-order chi connectivity index (χ0) is 18.8. The van der Waals surface area contributed by atoms with Gasteiger partial charge in [-0.15, -0.1) is 0 Å². The predicted molar refractivity (Wildman–Crippen MR) is 93.7 cm³/mol. The third-order valence-corrected chi connectivity index (χ3v) is 4.07. The minimum absolute atomic E-state index is 0.000583. The number of anilines is 1. The summed E-state index contributed by atoms with van der Waals surface area (Å²) in [6, 6.07) is -0.134. The maximum Gasteiger partial charge on any atom is 0.314 e. The Labute approximate surface area is 146 Å². The molecule has 0 aliphatic carbocycles. The number of aromatic amines is 2. The smallest absolute Gasteiger partial charge is 0.314 e. The van der Waals surface area contributed by atoms with Gasteiger partial charge in [0.2, 0.25) is 0 Å². The van der Waals surface area contributed by atoms with Gasteiger partial charge in [-0.1, -0.05) is 5.92 Å². The Morgan fingerprint density at radius 2 is 2.00 bits per heavy atom. The number of aromatic nitrogens is 3. The Balaban J connectivity index is 2.00. The van der Waals surface area contributed by atoms with E-state index >= 15 is 0 Å². The van der Waals surface area contributed by atoms with Crippen molar-refractivity contribution in [3.05, 3.63) is 32.5 Å². The number of hydrogen-bond donors (Lipinski definition) is 4. The van der Waals surface area contributed by atoms with Gasteiger partial charge in [0.05, 0.1) is 11.1 Å². The van der Waals surface area contributed by atoms with Gasteiger partial charge < -0.3 is 25.9 Å². The standard InChI is InChI=1S/C16H16N6O4/c1-2-3-10(23)19-8-4-5-22(7-8)14-12-11(9(6-18-14)13(17)24)20-15(25)16(26)21-12/h6,8H,4-5,7H2,1H3,(H2,17,24)(H,19,23)(H,20,25)(H,21,26)/t8-/m0/s1. The fraction of sp³-hybridized carbons (Fsp3) is 0.312. The molecule has 2 amide bonds. The Morgan fingerprint density at radius 3 is 2.65 bits per heavy atom. The molecule has 3 rings (SSSR count). The highest BCUT2D eigenvalue weighted by Crippen LogP contribution is 2.25. The number of carbonyl (C=O) groups excluding carboxylic acids is 2. The highest BCUT2D eigenvalue weighted by atomic mass is 16.2. The molecule has 2 aromatic heterocycles. The summed E-state index contributed by atoms with van der Waals surface area (Å²) < 4.78 is 0. The predicted octanol–water partition coefficient (Wildman–Crippen LogP) is -1.57. The molecule has 0 unspecified atom stereocenters. The molecule has 1 aliphatic heterocycles. The van der Waals surface area contributed by atoms with Crippen molar-refractivity contribution >= 4 is 28.7 Å². The maximum atomic E-state index is 11.7. The van der Waals surface area contributed by atoms with Gasteiger partial charge in [0, 0.05) is 25.3 Å². The van der Waals surface area contributed by atoms with Crippen LogP contribution in [0, 0.1) is 11.8 Å². The average molecular weight is 356 g/mol. The molecular formula is C16H16N6O4. The first-order valence-electron chi connectivity index (χ1n) is 7.84. The average Bonchev–Trinajstić information content (AvgIpc) is 3.03. The van der Waals surface area contributed by atoms with Crippen molar-refractivity contribution in [2.24, 2.45) is 5.73 Å². The number of H-pyrrole nitrogens is 2. The van der Waals surface area contributed by atoms with Crippen LogP contribution in [0.1, 0.15) is 23.7 Å². The fourth-order valence-electron chi connectivity index (χ4n) is 2.92. The van der Waals surface area contributed by atoms with E-state index in [1.807, 2.05) is 4.90 Å². The van der Waals surface area contributed by atoms with Crippen LogP contribution in [-0.4, -0.2) is 45.9 Å². The van der Waals surface area contributed by atoms with Crippen LogP contribution in [0.2, 0.25) is 0 Å². The van der Waals surface area contributed by atoms with E-state index in [-0.39, 0.29) is 28.5 Å². The van der Waals surface area contributed by atoms with E-state index in [0.29, 0.717) is 25.3 Å². The molecule has 1 atom stereocenters. The normalized spacial score (nSPS) is 16.2. The lowest BCUT2D eigenvalue weighted by Gasteiger charge is -2.19. The van der Waals surface area contributed by atoms with E-state index < -0.39 is 17.0 Å². The molecule has 0 radical (unpaired) electrons. The SMILES string of the molecule is CC#CC(=O)N[C@H]1CCN(c2ncc(C(N)=O)c3[nH]c(=O)c(=O)[nH]c23)C1. The first-order valence-corrected chi connectivity index (χ1v) is 7.84. The number of fused-ring (bicyclic) bond motifs is 1. The van der Waals surface area contributed by atoms with Gasteiger partial charge in [-0.25, -0.2) is 4.98 Å². The lowest BCUT2D eigenvalue weighted by Crippen LogP contribution is -2.37. The molecular weight excluding hydrogens is 340 g/mol. The number of rotatable bonds is 3. The summed E-state index contributed by atoms with van der Waals surface area (Å²) in [6.45, 7) is 2.58. The molecule has 1 saturated heterocycles. The topological polar surface area (TPSA) is 154 Å². The minimum atomic E-state index is -0.887. The van der Waals surface area contributed by atoms with Crippen molar-refractivity contribution in [3.8, 4) is 11.8 Å². The van der Waals surface area contributed by atoms with Crippen LogP contribution < -0.4 is 27.1 Å². The molecule has 0 saturated carbocycles. The number of hydrogen-bond acceptors (Lipinski definition) is 6. The molecule has 3 heterocycles. The second kappa shape index (κ2) is 6.72. The summed E-state index contributed by atoms with van der Waals surface area (Å²) in [7, 11) is 0. The van der Waals surface area contributed by atoms with E-state index in [0.717, 1.165) is 0 Å². The molecule has 10 heteroatoms. The second-order valence-corrected chi connectivity index (χ2v) is 5.80. The first-order chi connectivity index (χ1) is 12.4. The van der Waals surface area contributed by atoms with Crippen LogP contribution in [0.25, 0.3) is 11.0 Å². The lowest BCUT2D eigenvalue weighted by atomic mass is 10.2. The molecule has 134 valence electrons. The number of nitrogens with one attached hydrogen (secondary N) is 3. The van der Waals surface area contributed by atoms with Crippen LogP contribution >= 0.6 is 0 Å². The largest absolute Gasteiger partial charge is 0.365 e. The van der Waals surface area contributed by atoms with E-state index in [1.165, 1.54) is 6.20 Å². The van der Waals surface area contributed by atoms with E-state index in [1.54, 1.807) is 6.92 Å². The van der Waals surface area contributed by atoms with E-state index in [4.69, 9.17) is 5.73 Å². The van der Waals surface area contributed by atoms with Crippen molar-refractivity contribution in [3.63, 3.8) is 0 Å². The van der Waals surface area contributed by atoms with Gasteiger partial charge in [-0.2, -0.15) is 0 Å². The fourth-order valence-corrected chi connectivity index (χ4v) is 2.92. The number of amides is 2. The van der Waals surface area contributed by atoms with Crippen LogP contribution in [0.4, 0.5) is 5.82 Å². The Bertz CT molecular complexity index is 1070. The van der Waals surface area contributed by atoms with Crippen molar-refractivity contribution in [2.45, 2.75) is 19.4 Å². The van der Waals surface area contributed by atoms with Gasteiger partial charge in [-0.05, 0) is 19.3 Å². The van der Waals surface area contributed by atoms with Gasteiger partial charge in [-0.3, -0.25) is 19.2 Å². The molecule has 0 bridgehead atoms. The van der Waals surface area contributed by atoms with Crippen LogP contribution in [0.3, 0.4) is 0 Å². The van der Waals surface area contributed by atoms with Crippen molar-refractivity contribution in [2.75, 3.05) is 18.0 Å². The minimum Gasteiger partial charge on any atom is -0.365 e. The summed E-state index contributed by atoms with van der Waals surface area (Å²) in [4.78, 5) is 57.4. The zero-order valence-corrected chi connectivity index (χ0v) is 13.9. The molecule has 5 N–H and O–H groups in total. The van der Waals surface area contributed by atoms with Crippen molar-refractivity contribution < 1.29 is 9.59 Å². The summed E-state index contributed by atoms with van der Waals surface area (Å²) in [5, 5.41) is 2.79. The molecule has 1 aliphatic rings. The third kappa shape index (κ3) is 3.14. The molecule has 0 spiro atoms. The Morgan fingerprint density at radius 1 is 1.31 bits per heavy atom. The van der Waals surface area contributed by atoms with Gasteiger partial charge in [0.25, 0.3) is 11.8 Å². The van der Waals surface area contributed by atoms with Crippen LogP contribution in [0.5, 0.6) is 0 Å². The summed E-state index contributed by atoms with van der Waals surface area (Å²) >= 11 is 0. The quantitative estimate of drug-likeness (QED) is 0.385. The number of carbonyl (C=O) groups is 2. The highest BCUT2D eigenvalue weighted by molar-refractivity contribution is 6.05. The zero-order valence-electron chi connectivity index (χ0n) is 13.9. The Hall–Kier alpha value is -3.61. The number of pyridine rings is 1. The molecule has 10 nitrogen and oxygen atoms in total. The summed E-state index contributed by atoms with van der Waals surface area (Å²) in [5.41, 5.74) is 3.90. The van der Waals surface area contributed by atoms with E-state index in [9.17, 15) is 19.2 Å². The highest BCUT2D eigenvalue weighted by Gasteiger charge is 2.27. The lowest BCUT2D eigenvalue weighted by molar-refractivity contribution is -0.116. The van der Waals surface area contributed by atoms with Gasteiger partial charge in [0.15, 0.2) is 5.82 Å². The summed E-state index contributed by atoms with van der Waals surface area (Å²) in [6.07, 6.45) is 1.91. The third-order valence-electron chi connectivity index (χ3n) is 4.07. The van der Waals surface area contributed by atoms with Gasteiger partial charge >= 0.3 is 11.1 Å². The maximum absolute atomic E-state index is 11.7. The van der Waals surface area contributed by atoms with Crippen molar-refractivity contribution in [1.82, 2.24) is 20.3 Å². The monoisotopic (exact) mass is 356 g/mol. The van der Waals surface area contributed by atoms with Crippen molar-refractivity contribution in [1.29, 1.82) is 0 Å². The first kappa shape index (κ1) is 17.2. The number of nitrogens with zero attached hydrogens (tertiary/aromatic N) is 2. The Kier molecular flexibility index (Phi) is 4.45. The molecule has 0 aromatic carbocycles. The van der Waals surface area contributed by atoms with E-state index in [2.05, 4.69) is 32.1 Å². The number of primary amides is 1. The summed E-state index contributed by atoms with van der Waals surface area (Å²) in [5.74, 6) is 4.20. The molecule has 1 fully saturated rings.